The third-order valence-corrected chi connectivity index (χ3v) is 3.20. The molecule has 1 aromatic rings. The van der Waals surface area contributed by atoms with E-state index < -0.39 is 0 Å². The molecule has 0 fully saturated rings. The summed E-state index contributed by atoms with van der Waals surface area (Å²) in [4.78, 5) is 23.3. The number of nitrogens with two attached hydrogens (primary N) is 1. The Hall–Kier alpha value is -1.88. The van der Waals surface area contributed by atoms with Gasteiger partial charge in [0.15, 0.2) is 0 Å². The van der Waals surface area contributed by atoms with Crippen LogP contribution in [-0.4, -0.2) is 24.9 Å². The quantitative estimate of drug-likeness (QED) is 0.633. The summed E-state index contributed by atoms with van der Waals surface area (Å²) in [5.74, 6) is -0.206. The van der Waals surface area contributed by atoms with E-state index in [2.05, 4.69) is 10.6 Å². The van der Waals surface area contributed by atoms with Gasteiger partial charge >= 0.3 is 0 Å². The monoisotopic (exact) mass is 291 g/mol. The van der Waals surface area contributed by atoms with E-state index in [-0.39, 0.29) is 24.3 Å². The molecular formula is C16H25N3O2. The molecule has 0 bridgehead atoms. The van der Waals surface area contributed by atoms with Crippen molar-refractivity contribution in [3.63, 3.8) is 0 Å². The molecule has 0 heterocycles. The summed E-state index contributed by atoms with van der Waals surface area (Å²) in [6.45, 7) is 4.71. The van der Waals surface area contributed by atoms with E-state index in [9.17, 15) is 9.59 Å². The second-order valence-electron chi connectivity index (χ2n) is 5.21. The van der Waals surface area contributed by atoms with Gasteiger partial charge in [0.25, 0.3) is 0 Å². The molecule has 1 atom stereocenters. The van der Waals surface area contributed by atoms with Gasteiger partial charge in [-0.3, -0.25) is 9.59 Å². The van der Waals surface area contributed by atoms with Gasteiger partial charge in [-0.05, 0) is 31.9 Å². The van der Waals surface area contributed by atoms with Crippen LogP contribution >= 0.6 is 0 Å². The van der Waals surface area contributed by atoms with E-state index in [4.69, 9.17) is 5.73 Å². The average molecular weight is 291 g/mol. The highest BCUT2D eigenvalue weighted by atomic mass is 16.2. The fourth-order valence-electron chi connectivity index (χ4n) is 2.05. The number of aryl methyl sites for hydroxylation is 1. The summed E-state index contributed by atoms with van der Waals surface area (Å²) >= 11 is 0. The molecule has 1 unspecified atom stereocenters. The predicted octanol–water partition coefficient (Wildman–Crippen LogP) is 1.42. The lowest BCUT2D eigenvalue weighted by molar-refractivity contribution is -0.122. The molecule has 0 radical (unpaired) electrons. The fraction of sp³-hybridized carbons (Fsp3) is 0.500. The van der Waals surface area contributed by atoms with Gasteiger partial charge < -0.3 is 16.4 Å². The molecule has 0 aliphatic rings. The summed E-state index contributed by atoms with van der Waals surface area (Å²) in [5, 5.41) is 5.68. The maximum absolute atomic E-state index is 11.9. The van der Waals surface area contributed by atoms with Crippen LogP contribution in [-0.2, 0) is 9.59 Å². The van der Waals surface area contributed by atoms with Gasteiger partial charge in [0, 0.05) is 13.5 Å². The van der Waals surface area contributed by atoms with Gasteiger partial charge in [-0.1, -0.05) is 29.8 Å². The molecule has 21 heavy (non-hydrogen) atoms. The van der Waals surface area contributed by atoms with Gasteiger partial charge in [-0.2, -0.15) is 0 Å². The lowest BCUT2D eigenvalue weighted by Crippen LogP contribution is -2.33. The molecule has 0 saturated carbocycles. The van der Waals surface area contributed by atoms with E-state index in [0.29, 0.717) is 13.1 Å². The maximum Gasteiger partial charge on any atom is 0.222 e. The van der Waals surface area contributed by atoms with Crippen LogP contribution in [0.2, 0.25) is 0 Å². The van der Waals surface area contributed by atoms with Crippen molar-refractivity contribution in [3.05, 3.63) is 35.4 Å². The molecule has 2 amide bonds. The molecule has 5 nitrogen and oxygen atoms in total. The van der Waals surface area contributed by atoms with Crippen LogP contribution in [0.15, 0.2) is 24.3 Å². The molecule has 116 valence electrons. The largest absolute Gasteiger partial charge is 0.356 e. The molecular weight excluding hydrogens is 266 g/mol. The fourth-order valence-corrected chi connectivity index (χ4v) is 2.05. The third kappa shape index (κ3) is 6.90. The third-order valence-electron chi connectivity index (χ3n) is 3.20. The van der Waals surface area contributed by atoms with E-state index in [1.807, 2.05) is 31.2 Å². The Kier molecular flexibility index (Phi) is 7.46. The minimum absolute atomic E-state index is 0.0636. The van der Waals surface area contributed by atoms with Crippen molar-refractivity contribution in [2.24, 2.45) is 5.73 Å². The zero-order chi connectivity index (χ0) is 15.7. The molecule has 0 aliphatic carbocycles. The number of rotatable bonds is 8. The number of carbonyl (C=O) groups excluding carboxylic acids is 2. The molecule has 1 rings (SSSR count). The van der Waals surface area contributed by atoms with Crippen molar-refractivity contribution in [3.8, 4) is 0 Å². The van der Waals surface area contributed by atoms with E-state index in [1.165, 1.54) is 6.92 Å². The van der Waals surface area contributed by atoms with Crippen LogP contribution in [0.4, 0.5) is 0 Å². The van der Waals surface area contributed by atoms with E-state index in [1.54, 1.807) is 0 Å². The van der Waals surface area contributed by atoms with Gasteiger partial charge in [-0.25, -0.2) is 0 Å². The zero-order valence-corrected chi connectivity index (χ0v) is 12.8. The first-order valence-electron chi connectivity index (χ1n) is 7.33. The number of hydrogen-bond donors (Lipinski definition) is 3. The van der Waals surface area contributed by atoms with Crippen LogP contribution in [0, 0.1) is 6.92 Å². The van der Waals surface area contributed by atoms with Gasteiger partial charge in [0.1, 0.15) is 0 Å². The Morgan fingerprint density at radius 2 is 1.86 bits per heavy atom. The van der Waals surface area contributed by atoms with Crippen LogP contribution in [0.25, 0.3) is 0 Å². The number of benzene rings is 1. The summed E-state index contributed by atoms with van der Waals surface area (Å²) in [6.07, 6.45) is 2.01. The summed E-state index contributed by atoms with van der Waals surface area (Å²) in [7, 11) is 0. The molecule has 0 aromatic heterocycles. The standard InChI is InChI=1S/C16H25N3O2/c1-12-5-7-14(8-6-12)15(19-13(2)20)11-16(21)18-10-4-3-9-17/h5-8,15H,3-4,9-11,17H2,1-2H3,(H,18,21)(H,19,20). The Morgan fingerprint density at radius 1 is 1.19 bits per heavy atom. The molecule has 0 aliphatic heterocycles. The van der Waals surface area contributed by atoms with Gasteiger partial charge in [0.2, 0.25) is 11.8 Å². The summed E-state index contributed by atoms with van der Waals surface area (Å²) < 4.78 is 0. The van der Waals surface area contributed by atoms with Crippen molar-refractivity contribution in [1.29, 1.82) is 0 Å². The second-order valence-corrected chi connectivity index (χ2v) is 5.21. The van der Waals surface area contributed by atoms with Crippen molar-refractivity contribution >= 4 is 11.8 Å². The number of unbranched alkanes of at least 4 members (excludes halogenated alkanes) is 1. The Morgan fingerprint density at radius 3 is 2.43 bits per heavy atom. The highest BCUT2D eigenvalue weighted by molar-refractivity contribution is 5.79. The van der Waals surface area contributed by atoms with Gasteiger partial charge in [0.05, 0.1) is 12.5 Å². The number of carbonyl (C=O) groups is 2. The number of amides is 2. The maximum atomic E-state index is 11.9. The first kappa shape index (κ1) is 17.2. The molecule has 0 spiro atoms. The van der Waals surface area contributed by atoms with Crippen molar-refractivity contribution in [2.45, 2.75) is 39.2 Å². The van der Waals surface area contributed by atoms with Crippen LogP contribution < -0.4 is 16.4 Å². The number of hydrogen-bond acceptors (Lipinski definition) is 3. The Labute approximate surface area is 126 Å². The SMILES string of the molecule is CC(=O)NC(CC(=O)NCCCCN)c1ccc(C)cc1. The predicted molar refractivity (Wildman–Crippen MR) is 83.7 cm³/mol. The molecule has 0 saturated heterocycles. The van der Waals surface area contributed by atoms with Crippen molar-refractivity contribution in [1.82, 2.24) is 10.6 Å². The Balaban J connectivity index is 2.59. The smallest absolute Gasteiger partial charge is 0.222 e. The first-order chi connectivity index (χ1) is 10.0. The Bertz CT molecular complexity index is 457. The van der Waals surface area contributed by atoms with E-state index >= 15 is 0 Å². The summed E-state index contributed by atoms with van der Waals surface area (Å²) in [6, 6.07) is 7.54. The first-order valence-corrected chi connectivity index (χ1v) is 7.33. The second kappa shape index (κ2) is 9.13. The number of nitrogens with one attached hydrogen (secondary N) is 2. The highest BCUT2D eigenvalue weighted by Crippen LogP contribution is 2.17. The van der Waals surface area contributed by atoms with Crippen LogP contribution in [0.3, 0.4) is 0 Å². The highest BCUT2D eigenvalue weighted by Gasteiger charge is 2.16. The van der Waals surface area contributed by atoms with Crippen molar-refractivity contribution in [2.75, 3.05) is 13.1 Å². The summed E-state index contributed by atoms with van der Waals surface area (Å²) in [5.41, 5.74) is 7.49. The van der Waals surface area contributed by atoms with Crippen molar-refractivity contribution < 1.29 is 9.59 Å². The topological polar surface area (TPSA) is 84.2 Å². The lowest BCUT2D eigenvalue weighted by Gasteiger charge is -2.18. The normalized spacial score (nSPS) is 11.8. The molecule has 1 aromatic carbocycles. The zero-order valence-electron chi connectivity index (χ0n) is 12.8. The average Bonchev–Trinajstić information content (AvgIpc) is 2.43. The minimum Gasteiger partial charge on any atom is -0.356 e. The molecule has 5 heteroatoms. The van der Waals surface area contributed by atoms with Crippen LogP contribution in [0.5, 0.6) is 0 Å². The minimum atomic E-state index is -0.294. The van der Waals surface area contributed by atoms with Crippen LogP contribution in [0.1, 0.15) is 43.4 Å². The van der Waals surface area contributed by atoms with E-state index in [0.717, 1.165) is 24.0 Å². The lowest BCUT2D eigenvalue weighted by atomic mass is 10.0. The van der Waals surface area contributed by atoms with Gasteiger partial charge in [-0.15, -0.1) is 0 Å². The molecule has 4 N–H and O–H groups in total.